The highest BCUT2D eigenvalue weighted by molar-refractivity contribution is 5.38. The molecule has 0 amide bonds. The molecular formula is C13H18N6. The van der Waals surface area contributed by atoms with Crippen LogP contribution >= 0.6 is 0 Å². The summed E-state index contributed by atoms with van der Waals surface area (Å²) in [5, 5.41) is 18.6. The number of hydrogen-bond acceptors (Lipinski definition) is 5. The second-order valence-corrected chi connectivity index (χ2v) is 4.76. The molecule has 1 saturated heterocycles. The Labute approximate surface area is 112 Å². The summed E-state index contributed by atoms with van der Waals surface area (Å²) >= 11 is 0. The van der Waals surface area contributed by atoms with Gasteiger partial charge in [0, 0.05) is 12.6 Å². The lowest BCUT2D eigenvalue weighted by Crippen LogP contribution is -2.24. The fourth-order valence-electron chi connectivity index (χ4n) is 2.40. The lowest BCUT2D eigenvalue weighted by atomic mass is 10.1. The van der Waals surface area contributed by atoms with Gasteiger partial charge in [0.25, 0.3) is 0 Å². The number of hydrogen-bond donors (Lipinski definition) is 2. The molecule has 2 N–H and O–H groups in total. The van der Waals surface area contributed by atoms with Crippen molar-refractivity contribution in [2.45, 2.75) is 25.3 Å². The molecule has 0 bridgehead atoms. The third-order valence-corrected chi connectivity index (χ3v) is 3.41. The molecule has 1 fully saturated rings. The Balaban J connectivity index is 1.61. The van der Waals surface area contributed by atoms with Crippen molar-refractivity contribution in [2.75, 3.05) is 18.4 Å². The van der Waals surface area contributed by atoms with Gasteiger partial charge in [0.2, 0.25) is 5.95 Å². The summed E-state index contributed by atoms with van der Waals surface area (Å²) in [4.78, 5) is 0. The molecule has 1 aromatic heterocycles. The Kier molecular flexibility index (Phi) is 3.69. The van der Waals surface area contributed by atoms with Gasteiger partial charge in [0.15, 0.2) is 0 Å². The Hall–Kier alpha value is -1.95. The quantitative estimate of drug-likeness (QED) is 0.844. The summed E-state index contributed by atoms with van der Waals surface area (Å²) in [5.74, 6) is 0.698. The first-order chi connectivity index (χ1) is 9.43. The molecule has 1 atom stereocenters. The van der Waals surface area contributed by atoms with Crippen LogP contribution in [0.25, 0.3) is 5.69 Å². The molecule has 1 aromatic carbocycles. The molecule has 2 aromatic rings. The van der Waals surface area contributed by atoms with Crippen molar-refractivity contribution >= 4 is 5.95 Å². The second kappa shape index (κ2) is 5.79. The van der Waals surface area contributed by atoms with Gasteiger partial charge in [0.05, 0.1) is 5.69 Å². The monoisotopic (exact) mass is 258 g/mol. The minimum Gasteiger partial charge on any atom is -0.353 e. The maximum Gasteiger partial charge on any atom is 0.247 e. The number of nitrogens with one attached hydrogen (secondary N) is 2. The van der Waals surface area contributed by atoms with Crippen LogP contribution in [0.3, 0.4) is 0 Å². The third-order valence-electron chi connectivity index (χ3n) is 3.41. The molecule has 100 valence electrons. The van der Waals surface area contributed by atoms with E-state index in [1.165, 1.54) is 12.8 Å². The molecule has 6 heteroatoms. The third kappa shape index (κ3) is 2.90. The van der Waals surface area contributed by atoms with Gasteiger partial charge in [-0.05, 0) is 48.4 Å². The van der Waals surface area contributed by atoms with E-state index in [1.54, 1.807) is 4.68 Å². The van der Waals surface area contributed by atoms with Crippen molar-refractivity contribution in [3.63, 3.8) is 0 Å². The van der Waals surface area contributed by atoms with Crippen LogP contribution in [-0.2, 0) is 0 Å². The fraction of sp³-hybridized carbons (Fsp3) is 0.462. The molecule has 1 aliphatic rings. The van der Waals surface area contributed by atoms with E-state index in [1.807, 2.05) is 30.3 Å². The van der Waals surface area contributed by atoms with Gasteiger partial charge in [-0.3, -0.25) is 0 Å². The number of nitrogens with zero attached hydrogens (tertiary/aromatic N) is 4. The topological polar surface area (TPSA) is 67.7 Å². The van der Waals surface area contributed by atoms with Crippen molar-refractivity contribution in [1.82, 2.24) is 25.5 Å². The van der Waals surface area contributed by atoms with Crippen LogP contribution in [0.2, 0.25) is 0 Å². The maximum absolute atomic E-state index is 4.03. The van der Waals surface area contributed by atoms with Gasteiger partial charge in [-0.15, -0.1) is 0 Å². The average Bonchev–Trinajstić information content (AvgIpc) is 3.11. The van der Waals surface area contributed by atoms with E-state index in [0.29, 0.717) is 12.0 Å². The SMILES string of the molecule is c1ccc(-n2nnnc2NCC[C@@H]2CCCN2)cc1. The van der Waals surface area contributed by atoms with E-state index in [2.05, 4.69) is 26.2 Å². The first kappa shape index (κ1) is 12.1. The molecule has 0 aliphatic carbocycles. The largest absolute Gasteiger partial charge is 0.353 e. The normalized spacial score (nSPS) is 18.6. The zero-order chi connectivity index (χ0) is 12.9. The van der Waals surface area contributed by atoms with Crippen LogP contribution in [0.5, 0.6) is 0 Å². The Bertz CT molecular complexity index is 503. The Morgan fingerprint density at radius 2 is 2.21 bits per heavy atom. The first-order valence-electron chi connectivity index (χ1n) is 6.74. The van der Waals surface area contributed by atoms with Crippen LogP contribution in [0.4, 0.5) is 5.95 Å². The standard InChI is InChI=1S/C13H18N6/c1-2-6-12(7-3-1)19-13(16-17-18-19)15-10-8-11-5-4-9-14-11/h1-3,6-7,11,14H,4-5,8-10H2,(H,15,16,18)/t11-/m0/s1. The lowest BCUT2D eigenvalue weighted by Gasteiger charge is -2.11. The van der Waals surface area contributed by atoms with E-state index in [-0.39, 0.29) is 0 Å². The van der Waals surface area contributed by atoms with E-state index >= 15 is 0 Å². The van der Waals surface area contributed by atoms with Crippen molar-refractivity contribution in [1.29, 1.82) is 0 Å². The van der Waals surface area contributed by atoms with Gasteiger partial charge >= 0.3 is 0 Å². The average molecular weight is 258 g/mol. The molecule has 0 spiro atoms. The molecule has 1 aliphatic heterocycles. The predicted molar refractivity (Wildman–Crippen MR) is 73.3 cm³/mol. The highest BCUT2D eigenvalue weighted by Crippen LogP contribution is 2.12. The molecule has 19 heavy (non-hydrogen) atoms. The van der Waals surface area contributed by atoms with Gasteiger partial charge in [0.1, 0.15) is 0 Å². The molecule has 0 radical (unpaired) electrons. The molecular weight excluding hydrogens is 240 g/mol. The second-order valence-electron chi connectivity index (χ2n) is 4.76. The summed E-state index contributed by atoms with van der Waals surface area (Å²) in [6.45, 7) is 2.03. The van der Waals surface area contributed by atoms with E-state index < -0.39 is 0 Å². The maximum atomic E-state index is 4.03. The number of rotatable bonds is 5. The zero-order valence-corrected chi connectivity index (χ0v) is 10.8. The summed E-state index contributed by atoms with van der Waals surface area (Å²) < 4.78 is 1.72. The van der Waals surface area contributed by atoms with Crippen molar-refractivity contribution in [3.05, 3.63) is 30.3 Å². The summed E-state index contributed by atoms with van der Waals surface area (Å²) in [6, 6.07) is 10.5. The van der Waals surface area contributed by atoms with Crippen LogP contribution in [0, 0.1) is 0 Å². The van der Waals surface area contributed by atoms with Crippen LogP contribution in [0.15, 0.2) is 30.3 Å². The summed E-state index contributed by atoms with van der Waals surface area (Å²) in [6.07, 6.45) is 3.65. The molecule has 2 heterocycles. The summed E-state index contributed by atoms with van der Waals surface area (Å²) in [5.41, 5.74) is 0.967. The molecule has 0 saturated carbocycles. The number of aromatic nitrogens is 4. The van der Waals surface area contributed by atoms with E-state index in [4.69, 9.17) is 0 Å². The van der Waals surface area contributed by atoms with Crippen molar-refractivity contribution < 1.29 is 0 Å². The predicted octanol–water partition coefficient (Wildman–Crippen LogP) is 1.22. The van der Waals surface area contributed by atoms with E-state index in [9.17, 15) is 0 Å². The molecule has 0 unspecified atom stereocenters. The number of anilines is 1. The van der Waals surface area contributed by atoms with E-state index in [0.717, 1.165) is 25.2 Å². The summed E-state index contributed by atoms with van der Waals surface area (Å²) in [7, 11) is 0. The molecule has 6 nitrogen and oxygen atoms in total. The molecule has 3 rings (SSSR count). The minimum atomic E-state index is 0.633. The number of benzene rings is 1. The minimum absolute atomic E-state index is 0.633. The number of tetrazole rings is 1. The van der Waals surface area contributed by atoms with Gasteiger partial charge in [-0.1, -0.05) is 23.3 Å². The van der Waals surface area contributed by atoms with Crippen molar-refractivity contribution in [3.8, 4) is 5.69 Å². The van der Waals surface area contributed by atoms with Crippen LogP contribution < -0.4 is 10.6 Å². The van der Waals surface area contributed by atoms with Crippen molar-refractivity contribution in [2.24, 2.45) is 0 Å². The Morgan fingerprint density at radius 1 is 1.32 bits per heavy atom. The lowest BCUT2D eigenvalue weighted by molar-refractivity contribution is 0.573. The van der Waals surface area contributed by atoms with Crippen LogP contribution in [-0.4, -0.2) is 39.3 Å². The highest BCUT2D eigenvalue weighted by atomic mass is 15.6. The highest BCUT2D eigenvalue weighted by Gasteiger charge is 2.14. The van der Waals surface area contributed by atoms with Gasteiger partial charge < -0.3 is 10.6 Å². The van der Waals surface area contributed by atoms with Gasteiger partial charge in [-0.25, -0.2) is 0 Å². The van der Waals surface area contributed by atoms with Gasteiger partial charge in [-0.2, -0.15) is 4.68 Å². The van der Waals surface area contributed by atoms with Crippen LogP contribution in [0.1, 0.15) is 19.3 Å². The fourth-order valence-corrected chi connectivity index (χ4v) is 2.40. The number of para-hydroxylation sites is 1. The smallest absolute Gasteiger partial charge is 0.247 e. The Morgan fingerprint density at radius 3 is 3.00 bits per heavy atom. The first-order valence-corrected chi connectivity index (χ1v) is 6.74. The zero-order valence-electron chi connectivity index (χ0n) is 10.8.